The van der Waals surface area contributed by atoms with Crippen molar-refractivity contribution in [2.45, 2.75) is 69.7 Å². The summed E-state index contributed by atoms with van der Waals surface area (Å²) in [6.07, 6.45) is 9.63. The first kappa shape index (κ1) is 16.3. The number of nitrogens with two attached hydrogens (primary N) is 1. The highest BCUT2D eigenvalue weighted by Gasteiger charge is 2.34. The Labute approximate surface area is 127 Å². The molecule has 2 rings (SSSR count). The first-order chi connectivity index (χ1) is 10.1. The number of nitrogens with zero attached hydrogens (tertiary/aromatic N) is 1. The molecule has 5 heteroatoms. The number of amides is 2. The average Bonchev–Trinajstić information content (AvgIpc) is 2.69. The van der Waals surface area contributed by atoms with Crippen molar-refractivity contribution in [1.29, 1.82) is 0 Å². The Morgan fingerprint density at radius 1 is 1.14 bits per heavy atom. The summed E-state index contributed by atoms with van der Waals surface area (Å²) in [5, 5.41) is 2.96. The molecule has 0 aromatic carbocycles. The van der Waals surface area contributed by atoms with Gasteiger partial charge in [0.15, 0.2) is 0 Å². The van der Waals surface area contributed by atoms with Gasteiger partial charge in [0.05, 0.1) is 5.54 Å². The molecule has 2 amide bonds. The van der Waals surface area contributed by atoms with Gasteiger partial charge in [0, 0.05) is 26.1 Å². The van der Waals surface area contributed by atoms with Crippen LogP contribution in [0.2, 0.25) is 0 Å². The number of hydrogen-bond acceptors (Lipinski definition) is 3. The second-order valence-corrected chi connectivity index (χ2v) is 6.52. The molecule has 1 aliphatic carbocycles. The lowest BCUT2D eigenvalue weighted by molar-refractivity contribution is -0.130. The average molecular weight is 295 g/mol. The molecule has 120 valence electrons. The molecule has 3 N–H and O–H groups in total. The van der Waals surface area contributed by atoms with Crippen molar-refractivity contribution < 1.29 is 9.59 Å². The number of carbonyl (C=O) groups excluding carboxylic acids is 2. The van der Waals surface area contributed by atoms with Crippen LogP contribution in [-0.2, 0) is 9.59 Å². The topological polar surface area (TPSA) is 75.4 Å². The summed E-state index contributed by atoms with van der Waals surface area (Å²) in [6.45, 7) is 2.23. The van der Waals surface area contributed by atoms with E-state index in [0.717, 1.165) is 64.5 Å². The molecule has 21 heavy (non-hydrogen) atoms. The van der Waals surface area contributed by atoms with Gasteiger partial charge in [-0.1, -0.05) is 25.7 Å². The first-order valence-electron chi connectivity index (χ1n) is 8.47. The van der Waals surface area contributed by atoms with Gasteiger partial charge in [-0.05, 0) is 32.1 Å². The largest absolute Gasteiger partial charge is 0.354 e. The summed E-state index contributed by atoms with van der Waals surface area (Å²) >= 11 is 0. The van der Waals surface area contributed by atoms with Gasteiger partial charge in [-0.15, -0.1) is 0 Å². The van der Waals surface area contributed by atoms with Gasteiger partial charge in [0.1, 0.15) is 0 Å². The van der Waals surface area contributed by atoms with Gasteiger partial charge < -0.3 is 16.0 Å². The molecular weight excluding hydrogens is 266 g/mol. The third-order valence-electron chi connectivity index (χ3n) is 4.76. The summed E-state index contributed by atoms with van der Waals surface area (Å²) < 4.78 is 0. The Hall–Kier alpha value is -1.10. The summed E-state index contributed by atoms with van der Waals surface area (Å²) in [7, 11) is 0. The maximum atomic E-state index is 12.2. The number of likely N-dealkylation sites (tertiary alicyclic amines) is 1. The minimum Gasteiger partial charge on any atom is -0.354 e. The van der Waals surface area contributed by atoms with E-state index in [4.69, 9.17) is 5.73 Å². The highest BCUT2D eigenvalue weighted by molar-refractivity contribution is 5.86. The fourth-order valence-electron chi connectivity index (χ4n) is 3.33. The molecule has 1 saturated carbocycles. The van der Waals surface area contributed by atoms with Crippen LogP contribution in [0.15, 0.2) is 0 Å². The molecule has 0 atom stereocenters. The molecular formula is C16H29N3O2. The van der Waals surface area contributed by atoms with Crippen LogP contribution in [0.1, 0.15) is 64.2 Å². The van der Waals surface area contributed by atoms with Crippen molar-refractivity contribution in [3.63, 3.8) is 0 Å². The molecule has 1 heterocycles. The maximum Gasteiger partial charge on any atom is 0.240 e. The normalized spacial score (nSPS) is 22.7. The van der Waals surface area contributed by atoms with Crippen LogP contribution in [0.5, 0.6) is 0 Å². The number of rotatable bonds is 5. The van der Waals surface area contributed by atoms with Gasteiger partial charge in [-0.2, -0.15) is 0 Å². The number of hydrogen-bond donors (Lipinski definition) is 2. The van der Waals surface area contributed by atoms with E-state index in [2.05, 4.69) is 5.32 Å². The van der Waals surface area contributed by atoms with E-state index in [9.17, 15) is 9.59 Å². The SMILES string of the molecule is NC1(C(=O)NCCCN2CCCCCC2=O)CCCCC1. The van der Waals surface area contributed by atoms with E-state index in [1.165, 1.54) is 6.42 Å². The summed E-state index contributed by atoms with van der Waals surface area (Å²) in [4.78, 5) is 26.0. The Morgan fingerprint density at radius 3 is 2.62 bits per heavy atom. The molecule has 0 unspecified atom stereocenters. The van der Waals surface area contributed by atoms with E-state index >= 15 is 0 Å². The molecule has 5 nitrogen and oxygen atoms in total. The Balaban J connectivity index is 1.66. The van der Waals surface area contributed by atoms with E-state index in [-0.39, 0.29) is 11.8 Å². The molecule has 1 aliphatic heterocycles. The Bertz CT molecular complexity index is 365. The predicted octanol–water partition coefficient (Wildman–Crippen LogP) is 1.56. The van der Waals surface area contributed by atoms with Crippen molar-refractivity contribution >= 4 is 11.8 Å². The standard InChI is InChI=1S/C16H29N3O2/c17-16(9-4-2-5-10-16)15(21)18-11-7-13-19-12-6-1-3-8-14(19)20/h1-13,17H2,(H,18,21). The molecule has 2 fully saturated rings. The number of nitrogens with one attached hydrogen (secondary N) is 1. The first-order valence-corrected chi connectivity index (χ1v) is 8.47. The highest BCUT2D eigenvalue weighted by Crippen LogP contribution is 2.25. The van der Waals surface area contributed by atoms with Gasteiger partial charge in [-0.25, -0.2) is 0 Å². The lowest BCUT2D eigenvalue weighted by Gasteiger charge is -2.32. The molecule has 0 aromatic rings. The fraction of sp³-hybridized carbons (Fsp3) is 0.875. The zero-order chi connectivity index (χ0) is 15.1. The van der Waals surface area contributed by atoms with Crippen molar-refractivity contribution in [3.05, 3.63) is 0 Å². The quantitative estimate of drug-likeness (QED) is 0.756. The van der Waals surface area contributed by atoms with Crippen LogP contribution in [0.25, 0.3) is 0 Å². The summed E-state index contributed by atoms with van der Waals surface area (Å²) in [5.74, 6) is 0.255. The lowest BCUT2D eigenvalue weighted by atomic mass is 9.82. The van der Waals surface area contributed by atoms with Gasteiger partial charge in [-0.3, -0.25) is 9.59 Å². The van der Waals surface area contributed by atoms with Gasteiger partial charge in [0.2, 0.25) is 11.8 Å². The van der Waals surface area contributed by atoms with Gasteiger partial charge >= 0.3 is 0 Å². The predicted molar refractivity (Wildman–Crippen MR) is 82.7 cm³/mol. The van der Waals surface area contributed by atoms with Crippen LogP contribution >= 0.6 is 0 Å². The molecule has 1 saturated heterocycles. The van der Waals surface area contributed by atoms with Crippen molar-refractivity contribution in [1.82, 2.24) is 10.2 Å². The second kappa shape index (κ2) is 7.78. The van der Waals surface area contributed by atoms with E-state index in [1.54, 1.807) is 0 Å². The van der Waals surface area contributed by atoms with Crippen LogP contribution in [0, 0.1) is 0 Å². The zero-order valence-electron chi connectivity index (χ0n) is 13.0. The van der Waals surface area contributed by atoms with Crippen molar-refractivity contribution in [3.8, 4) is 0 Å². The lowest BCUT2D eigenvalue weighted by Crippen LogP contribution is -2.55. The van der Waals surface area contributed by atoms with E-state index in [0.29, 0.717) is 13.0 Å². The molecule has 0 spiro atoms. The Morgan fingerprint density at radius 2 is 1.86 bits per heavy atom. The molecule has 0 radical (unpaired) electrons. The molecule has 0 bridgehead atoms. The molecule has 0 aromatic heterocycles. The van der Waals surface area contributed by atoms with Crippen LogP contribution in [0.4, 0.5) is 0 Å². The fourth-order valence-corrected chi connectivity index (χ4v) is 3.33. The number of carbonyl (C=O) groups is 2. The van der Waals surface area contributed by atoms with Gasteiger partial charge in [0.25, 0.3) is 0 Å². The second-order valence-electron chi connectivity index (χ2n) is 6.52. The van der Waals surface area contributed by atoms with Crippen molar-refractivity contribution in [2.24, 2.45) is 5.73 Å². The summed E-state index contributed by atoms with van der Waals surface area (Å²) in [5.41, 5.74) is 5.54. The smallest absolute Gasteiger partial charge is 0.240 e. The van der Waals surface area contributed by atoms with Crippen LogP contribution in [0.3, 0.4) is 0 Å². The third-order valence-corrected chi connectivity index (χ3v) is 4.76. The van der Waals surface area contributed by atoms with E-state index < -0.39 is 5.54 Å². The Kier molecular flexibility index (Phi) is 6.03. The minimum absolute atomic E-state index is 0.00982. The minimum atomic E-state index is -0.656. The van der Waals surface area contributed by atoms with Crippen molar-refractivity contribution in [2.75, 3.05) is 19.6 Å². The van der Waals surface area contributed by atoms with E-state index in [1.807, 2.05) is 4.90 Å². The van der Waals surface area contributed by atoms with Crippen LogP contribution < -0.4 is 11.1 Å². The summed E-state index contributed by atoms with van der Waals surface area (Å²) in [6, 6.07) is 0. The van der Waals surface area contributed by atoms with Crippen LogP contribution in [-0.4, -0.2) is 41.9 Å². The third kappa shape index (κ3) is 4.70. The maximum absolute atomic E-state index is 12.2. The zero-order valence-corrected chi connectivity index (χ0v) is 13.0. The molecule has 2 aliphatic rings. The monoisotopic (exact) mass is 295 g/mol. The highest BCUT2D eigenvalue weighted by atomic mass is 16.2.